The van der Waals surface area contributed by atoms with Crippen molar-refractivity contribution in [2.75, 3.05) is 32.7 Å². The van der Waals surface area contributed by atoms with Crippen molar-refractivity contribution in [3.05, 3.63) is 16.9 Å². The molecule has 1 aromatic heterocycles. The summed E-state index contributed by atoms with van der Waals surface area (Å²) < 4.78 is 1.29. The van der Waals surface area contributed by atoms with Crippen molar-refractivity contribution in [1.82, 2.24) is 46.0 Å². The van der Waals surface area contributed by atoms with E-state index in [-0.39, 0.29) is 53.2 Å². The van der Waals surface area contributed by atoms with Crippen molar-refractivity contribution in [1.29, 1.82) is 0 Å². The van der Waals surface area contributed by atoms with Gasteiger partial charge in [-0.3, -0.25) is 14.4 Å². The highest BCUT2D eigenvalue weighted by atomic mass is 32.2. The van der Waals surface area contributed by atoms with Gasteiger partial charge in [0.25, 0.3) is 0 Å². The van der Waals surface area contributed by atoms with E-state index in [4.69, 9.17) is 0 Å². The van der Waals surface area contributed by atoms with Crippen LogP contribution in [0.25, 0.3) is 0 Å². The fraction of sp³-hybridized carbons (Fsp3) is 0.720. The van der Waals surface area contributed by atoms with Gasteiger partial charge >= 0.3 is 5.97 Å². The molecule has 5 aliphatic rings. The van der Waals surface area contributed by atoms with E-state index in [9.17, 15) is 24.3 Å². The number of fused-ring (bicyclic) bond motifs is 2. The van der Waals surface area contributed by atoms with Crippen LogP contribution in [-0.2, 0) is 25.7 Å². The Morgan fingerprint density at radius 1 is 1.25 bits per heavy atom. The monoisotopic (exact) mass is 573 g/mol. The second-order valence-corrected chi connectivity index (χ2v) is 12.9. The second kappa shape index (κ2) is 10.7. The minimum atomic E-state index is -1.13. The highest BCUT2D eigenvalue weighted by Gasteiger charge is 2.60. The van der Waals surface area contributed by atoms with Crippen LogP contribution in [0.1, 0.15) is 26.7 Å². The van der Waals surface area contributed by atoms with Crippen LogP contribution in [0.5, 0.6) is 0 Å². The van der Waals surface area contributed by atoms with Crippen LogP contribution in [-0.4, -0.2) is 115 Å². The average Bonchev–Trinajstić information content (AvgIpc) is 3.71. The molecule has 8 atom stereocenters. The van der Waals surface area contributed by atoms with Crippen LogP contribution in [0.3, 0.4) is 0 Å². The molecule has 4 saturated heterocycles. The highest BCUT2D eigenvalue weighted by molar-refractivity contribution is 8.03. The van der Waals surface area contributed by atoms with Gasteiger partial charge in [-0.25, -0.2) is 9.48 Å². The van der Waals surface area contributed by atoms with Crippen LogP contribution in [0.4, 0.5) is 0 Å². The number of carbonyl (C=O) groups excluding carboxylic acids is 3. The lowest BCUT2D eigenvalue weighted by Gasteiger charge is -2.47. The first-order chi connectivity index (χ1) is 19.2. The first-order valence-electron chi connectivity index (χ1n) is 13.9. The molecule has 0 spiro atoms. The molecule has 0 aliphatic carbocycles. The molecule has 4 N–H and O–H groups in total. The van der Waals surface area contributed by atoms with Crippen molar-refractivity contribution in [2.45, 2.75) is 56.6 Å². The van der Waals surface area contributed by atoms with Crippen molar-refractivity contribution < 1.29 is 24.3 Å². The van der Waals surface area contributed by atoms with Gasteiger partial charge in [0.1, 0.15) is 18.6 Å². The van der Waals surface area contributed by atoms with E-state index in [1.807, 2.05) is 11.8 Å². The topological polar surface area (TPSA) is 175 Å². The van der Waals surface area contributed by atoms with E-state index >= 15 is 0 Å². The number of rotatable bonds is 8. The van der Waals surface area contributed by atoms with E-state index in [0.29, 0.717) is 29.7 Å². The number of amides is 3. The molecule has 3 unspecified atom stereocenters. The number of aliphatic carboxylic acids is 1. The molecule has 15 heteroatoms. The maximum atomic E-state index is 13.3. The number of thioether (sulfide) groups is 1. The zero-order chi connectivity index (χ0) is 28.1. The third-order valence-corrected chi connectivity index (χ3v) is 10.6. The molecule has 216 valence electrons. The summed E-state index contributed by atoms with van der Waals surface area (Å²) in [6.07, 6.45) is 2.97. The Bertz CT molecular complexity index is 1230. The molecule has 1 aromatic rings. The molecule has 0 saturated carbocycles. The number of nitrogens with one attached hydrogen (secondary N) is 3. The fourth-order valence-electron chi connectivity index (χ4n) is 7.10. The number of carbonyl (C=O) groups is 4. The van der Waals surface area contributed by atoms with Crippen molar-refractivity contribution >= 4 is 35.5 Å². The molecule has 0 bridgehead atoms. The molecule has 4 fully saturated rings. The summed E-state index contributed by atoms with van der Waals surface area (Å²) in [6.45, 7) is 7.81. The molecule has 0 radical (unpaired) electrons. The third-order valence-electron chi connectivity index (χ3n) is 9.11. The Kier molecular flexibility index (Phi) is 7.29. The number of aromatic nitrogens is 4. The number of carboxylic acid groups (broad SMARTS) is 1. The quantitative estimate of drug-likeness (QED) is 0.266. The molecular weight excluding hydrogens is 538 g/mol. The number of likely N-dealkylation sites (tertiary alicyclic amines) is 1. The molecule has 14 nitrogen and oxygen atoms in total. The Hall–Kier alpha value is -3.04. The van der Waals surface area contributed by atoms with Crippen molar-refractivity contribution in [2.24, 2.45) is 23.7 Å². The number of tetrazole rings is 1. The van der Waals surface area contributed by atoms with Crippen LogP contribution in [0.2, 0.25) is 0 Å². The minimum Gasteiger partial charge on any atom is -0.477 e. The van der Waals surface area contributed by atoms with E-state index in [1.54, 1.807) is 6.92 Å². The summed E-state index contributed by atoms with van der Waals surface area (Å²) in [6, 6.07) is -1.12. The van der Waals surface area contributed by atoms with Gasteiger partial charge < -0.3 is 30.9 Å². The highest BCUT2D eigenvalue weighted by Crippen LogP contribution is 2.52. The predicted molar refractivity (Wildman–Crippen MR) is 142 cm³/mol. The van der Waals surface area contributed by atoms with Gasteiger partial charge in [0.05, 0.1) is 18.0 Å². The largest absolute Gasteiger partial charge is 0.477 e. The van der Waals surface area contributed by atoms with E-state index in [2.05, 4.69) is 31.5 Å². The van der Waals surface area contributed by atoms with Gasteiger partial charge in [-0.2, -0.15) is 0 Å². The van der Waals surface area contributed by atoms with Gasteiger partial charge in [-0.05, 0) is 55.1 Å². The Morgan fingerprint density at radius 3 is 2.80 bits per heavy atom. The van der Waals surface area contributed by atoms with E-state index < -0.39 is 17.9 Å². The maximum Gasteiger partial charge on any atom is 0.353 e. The number of hydrogen-bond acceptors (Lipinski definition) is 10. The van der Waals surface area contributed by atoms with Gasteiger partial charge in [0.15, 0.2) is 0 Å². The van der Waals surface area contributed by atoms with Crippen molar-refractivity contribution in [3.8, 4) is 0 Å². The standard InChI is InChI=1S/C25H35N9O5S/c1-12-20-19(13(2)29-18(35)10-33-11-28-30-31-33)24(37)34(20)21(25(38)39)22(12)40-16-5-17(27-8-16)23(36)32-4-3-14-6-26-7-15(14)9-32/h11-17,19-20,26-27H,3-10H2,1-2H3,(H,29,35)(H,38,39)/t12-,13?,14?,15?,16+,17+,19-,20-/m1/s1. The Labute approximate surface area is 235 Å². The Balaban J connectivity index is 1.08. The van der Waals surface area contributed by atoms with Crippen LogP contribution < -0.4 is 16.0 Å². The SMILES string of the molecule is CC(NC(=O)Cn1cnnn1)[C@H]1C(=O)N2C(C(=O)O)=C(S[C@@H]3CN[C@H](C(=O)N4CCC5CNCC5C4)C3)[C@H](C)[C@H]12. The number of piperidine rings is 1. The summed E-state index contributed by atoms with van der Waals surface area (Å²) in [5.41, 5.74) is 0.0292. The lowest BCUT2D eigenvalue weighted by atomic mass is 9.78. The number of carboxylic acids is 1. The third kappa shape index (κ3) is 4.77. The molecule has 3 amide bonds. The van der Waals surface area contributed by atoms with E-state index in [1.165, 1.54) is 27.7 Å². The first kappa shape index (κ1) is 27.1. The number of hydrogen-bond donors (Lipinski definition) is 4. The molecule has 5 aliphatic heterocycles. The molecule has 6 rings (SSSR count). The molecule has 6 heterocycles. The maximum absolute atomic E-state index is 13.3. The van der Waals surface area contributed by atoms with Gasteiger partial charge in [0.2, 0.25) is 17.7 Å². The number of β-lactam (4-membered cyclic amide) rings is 1. The molecule has 0 aromatic carbocycles. The normalized spacial score (nSPS) is 34.0. The summed E-state index contributed by atoms with van der Waals surface area (Å²) in [4.78, 5) is 55.3. The van der Waals surface area contributed by atoms with Crippen LogP contribution >= 0.6 is 11.8 Å². The van der Waals surface area contributed by atoms with Crippen LogP contribution in [0.15, 0.2) is 16.9 Å². The summed E-state index contributed by atoms with van der Waals surface area (Å²) in [7, 11) is 0. The summed E-state index contributed by atoms with van der Waals surface area (Å²) >= 11 is 1.47. The van der Waals surface area contributed by atoms with Crippen LogP contribution in [0, 0.1) is 23.7 Å². The molecule has 40 heavy (non-hydrogen) atoms. The number of nitrogens with zero attached hydrogens (tertiary/aromatic N) is 6. The van der Waals surface area contributed by atoms with Gasteiger partial charge in [-0.15, -0.1) is 16.9 Å². The zero-order valence-electron chi connectivity index (χ0n) is 22.5. The summed E-state index contributed by atoms with van der Waals surface area (Å²) in [5.74, 6) is -1.20. The Morgan fingerprint density at radius 2 is 2.05 bits per heavy atom. The predicted octanol–water partition coefficient (Wildman–Crippen LogP) is -1.52. The van der Waals surface area contributed by atoms with Gasteiger partial charge in [0, 0.05) is 41.7 Å². The molecular formula is C25H35N9O5S. The smallest absolute Gasteiger partial charge is 0.353 e. The average molecular weight is 574 g/mol. The van der Waals surface area contributed by atoms with E-state index in [0.717, 1.165) is 32.6 Å². The lowest BCUT2D eigenvalue weighted by Crippen LogP contribution is -2.66. The lowest BCUT2D eigenvalue weighted by molar-refractivity contribution is -0.158. The summed E-state index contributed by atoms with van der Waals surface area (Å²) in [5, 5.41) is 30.4. The first-order valence-corrected chi connectivity index (χ1v) is 14.8. The minimum absolute atomic E-state index is 0.0205. The fourth-order valence-corrected chi connectivity index (χ4v) is 8.58. The van der Waals surface area contributed by atoms with Gasteiger partial charge in [-0.1, -0.05) is 6.92 Å². The van der Waals surface area contributed by atoms with Crippen molar-refractivity contribution in [3.63, 3.8) is 0 Å². The second-order valence-electron chi connectivity index (χ2n) is 11.6. The zero-order valence-corrected chi connectivity index (χ0v) is 23.3.